The maximum absolute atomic E-state index is 5.47. The van der Waals surface area contributed by atoms with Crippen LogP contribution in [0.15, 0.2) is 10.5 Å². The van der Waals surface area contributed by atoms with Crippen molar-refractivity contribution in [2.24, 2.45) is 5.73 Å². The molecule has 1 rings (SSSR count). The van der Waals surface area contributed by atoms with Gasteiger partial charge in [-0.3, -0.25) is 0 Å². The largest absolute Gasteiger partial charge is 0.330 e. The van der Waals surface area contributed by atoms with E-state index in [9.17, 15) is 0 Å². The summed E-state index contributed by atoms with van der Waals surface area (Å²) < 4.78 is 1.23. The van der Waals surface area contributed by atoms with Gasteiger partial charge in [0.1, 0.15) is 0 Å². The summed E-state index contributed by atoms with van der Waals surface area (Å²) in [7, 11) is 2.14. The van der Waals surface area contributed by atoms with Crippen LogP contribution >= 0.6 is 27.3 Å². The zero-order chi connectivity index (χ0) is 10.6. The summed E-state index contributed by atoms with van der Waals surface area (Å²) in [5.74, 6) is 0. The minimum absolute atomic E-state index is 0.775. The Hall–Kier alpha value is 0.100. The highest BCUT2D eigenvalue weighted by Crippen LogP contribution is 2.26. The van der Waals surface area contributed by atoms with Crippen molar-refractivity contribution in [3.8, 4) is 0 Å². The Morgan fingerprint density at radius 1 is 1.57 bits per heavy atom. The summed E-state index contributed by atoms with van der Waals surface area (Å²) in [5, 5.41) is 0. The van der Waals surface area contributed by atoms with E-state index in [4.69, 9.17) is 5.73 Å². The molecule has 1 heterocycles. The van der Waals surface area contributed by atoms with E-state index in [0.717, 1.165) is 26.1 Å². The topological polar surface area (TPSA) is 29.3 Å². The van der Waals surface area contributed by atoms with E-state index in [2.05, 4.69) is 40.9 Å². The molecule has 0 unspecified atom stereocenters. The summed E-state index contributed by atoms with van der Waals surface area (Å²) in [6.45, 7) is 5.01. The van der Waals surface area contributed by atoms with Gasteiger partial charge in [-0.05, 0) is 55.5 Å². The van der Waals surface area contributed by atoms with Gasteiger partial charge in [0.05, 0.1) is 0 Å². The van der Waals surface area contributed by atoms with Crippen molar-refractivity contribution >= 4 is 27.3 Å². The van der Waals surface area contributed by atoms with Crippen LogP contribution in [0, 0.1) is 6.92 Å². The van der Waals surface area contributed by atoms with Gasteiger partial charge in [-0.2, -0.15) is 0 Å². The smallest absolute Gasteiger partial charge is 0.0325 e. The number of nitrogens with two attached hydrogens (primary N) is 1. The third-order valence-corrected chi connectivity index (χ3v) is 4.20. The predicted octanol–water partition coefficient (Wildman–Crippen LogP) is 2.60. The van der Waals surface area contributed by atoms with Crippen LogP contribution in [0.4, 0.5) is 0 Å². The van der Waals surface area contributed by atoms with Gasteiger partial charge in [0.25, 0.3) is 0 Å². The summed E-state index contributed by atoms with van der Waals surface area (Å²) in [6.07, 6.45) is 1.07. The van der Waals surface area contributed by atoms with Gasteiger partial charge in [-0.1, -0.05) is 0 Å². The fourth-order valence-corrected chi connectivity index (χ4v) is 2.98. The van der Waals surface area contributed by atoms with E-state index in [-0.39, 0.29) is 0 Å². The Bertz CT molecular complexity index is 266. The molecule has 0 aliphatic carbocycles. The molecular formula is C10H17BrN2S. The first-order valence-electron chi connectivity index (χ1n) is 4.77. The minimum atomic E-state index is 0.775. The molecule has 0 aliphatic rings. The molecule has 4 heteroatoms. The van der Waals surface area contributed by atoms with Crippen LogP contribution < -0.4 is 5.73 Å². The number of aryl methyl sites for hydroxylation is 1. The molecule has 0 spiro atoms. The fourth-order valence-electron chi connectivity index (χ4n) is 1.30. The molecule has 0 saturated carbocycles. The molecule has 14 heavy (non-hydrogen) atoms. The average molecular weight is 277 g/mol. The molecule has 0 bridgehead atoms. The first-order valence-corrected chi connectivity index (χ1v) is 6.38. The standard InChI is InChI=1S/C10H17BrN2S/c1-8-10(11)6-9(14-8)7-13(2)5-3-4-12/h6H,3-5,7,12H2,1-2H3. The number of nitrogens with zero attached hydrogens (tertiary/aromatic N) is 1. The van der Waals surface area contributed by atoms with E-state index in [0.29, 0.717) is 0 Å². The van der Waals surface area contributed by atoms with Crippen molar-refractivity contribution in [2.75, 3.05) is 20.1 Å². The predicted molar refractivity (Wildman–Crippen MR) is 66.8 cm³/mol. The van der Waals surface area contributed by atoms with Crippen LogP contribution in [0.5, 0.6) is 0 Å². The number of hydrogen-bond donors (Lipinski definition) is 1. The van der Waals surface area contributed by atoms with Crippen LogP contribution in [0.2, 0.25) is 0 Å². The molecule has 0 amide bonds. The van der Waals surface area contributed by atoms with Crippen molar-refractivity contribution in [2.45, 2.75) is 19.9 Å². The van der Waals surface area contributed by atoms with Gasteiger partial charge >= 0.3 is 0 Å². The van der Waals surface area contributed by atoms with Gasteiger partial charge in [-0.15, -0.1) is 11.3 Å². The minimum Gasteiger partial charge on any atom is -0.330 e. The van der Waals surface area contributed by atoms with Crippen molar-refractivity contribution < 1.29 is 0 Å². The molecule has 1 aromatic rings. The second-order valence-corrected chi connectivity index (χ2v) is 5.69. The number of hydrogen-bond acceptors (Lipinski definition) is 3. The second-order valence-electron chi connectivity index (χ2n) is 3.50. The lowest BCUT2D eigenvalue weighted by molar-refractivity contribution is 0.327. The first kappa shape index (κ1) is 12.2. The first-order chi connectivity index (χ1) is 6.63. The van der Waals surface area contributed by atoms with Gasteiger partial charge in [0.2, 0.25) is 0 Å². The van der Waals surface area contributed by atoms with Gasteiger partial charge < -0.3 is 10.6 Å². The van der Waals surface area contributed by atoms with Crippen molar-refractivity contribution in [3.63, 3.8) is 0 Å². The molecular weight excluding hydrogens is 260 g/mol. The highest BCUT2D eigenvalue weighted by atomic mass is 79.9. The van der Waals surface area contributed by atoms with E-state index in [1.165, 1.54) is 14.2 Å². The van der Waals surface area contributed by atoms with Gasteiger partial charge in [0.15, 0.2) is 0 Å². The SMILES string of the molecule is Cc1sc(CN(C)CCCN)cc1Br. The zero-order valence-corrected chi connectivity index (χ0v) is 11.1. The van der Waals surface area contributed by atoms with Crippen LogP contribution in [0.1, 0.15) is 16.2 Å². The molecule has 0 aromatic carbocycles. The highest BCUT2D eigenvalue weighted by Gasteiger charge is 2.05. The zero-order valence-electron chi connectivity index (χ0n) is 8.72. The quantitative estimate of drug-likeness (QED) is 0.896. The van der Waals surface area contributed by atoms with Gasteiger partial charge in [-0.25, -0.2) is 0 Å². The summed E-state index contributed by atoms with van der Waals surface area (Å²) >= 11 is 5.39. The molecule has 0 aliphatic heterocycles. The Morgan fingerprint density at radius 2 is 2.29 bits per heavy atom. The molecule has 1 aromatic heterocycles. The molecule has 80 valence electrons. The Labute approximate surface area is 98.2 Å². The normalized spacial score (nSPS) is 11.2. The molecule has 0 radical (unpaired) electrons. The lowest BCUT2D eigenvalue weighted by atomic mass is 10.3. The van der Waals surface area contributed by atoms with Crippen molar-refractivity contribution in [3.05, 3.63) is 20.3 Å². The summed E-state index contributed by atoms with van der Waals surface area (Å²) in [6, 6.07) is 2.21. The van der Waals surface area contributed by atoms with E-state index in [1.54, 1.807) is 0 Å². The molecule has 2 nitrogen and oxygen atoms in total. The number of thiophene rings is 1. The second kappa shape index (κ2) is 5.85. The molecule has 0 fully saturated rings. The third-order valence-electron chi connectivity index (χ3n) is 2.08. The number of halogens is 1. The van der Waals surface area contributed by atoms with E-state index >= 15 is 0 Å². The third kappa shape index (κ3) is 3.69. The fraction of sp³-hybridized carbons (Fsp3) is 0.600. The lowest BCUT2D eigenvalue weighted by Gasteiger charge is -2.14. The monoisotopic (exact) mass is 276 g/mol. The molecule has 2 N–H and O–H groups in total. The van der Waals surface area contributed by atoms with Crippen LogP contribution in [0.3, 0.4) is 0 Å². The maximum atomic E-state index is 5.47. The Morgan fingerprint density at radius 3 is 2.79 bits per heavy atom. The lowest BCUT2D eigenvalue weighted by Crippen LogP contribution is -2.20. The van der Waals surface area contributed by atoms with E-state index < -0.39 is 0 Å². The highest BCUT2D eigenvalue weighted by molar-refractivity contribution is 9.10. The Kier molecular flexibility index (Phi) is 5.09. The van der Waals surface area contributed by atoms with Crippen LogP contribution in [0.25, 0.3) is 0 Å². The van der Waals surface area contributed by atoms with Crippen molar-refractivity contribution in [1.29, 1.82) is 0 Å². The number of rotatable bonds is 5. The Balaban J connectivity index is 2.43. The average Bonchev–Trinajstić information content (AvgIpc) is 2.42. The molecule has 0 atom stereocenters. The van der Waals surface area contributed by atoms with Crippen LogP contribution in [-0.4, -0.2) is 25.0 Å². The summed E-state index contributed by atoms with van der Waals surface area (Å²) in [5.41, 5.74) is 5.47. The van der Waals surface area contributed by atoms with Gasteiger partial charge in [0, 0.05) is 20.8 Å². The maximum Gasteiger partial charge on any atom is 0.0325 e. The summed E-state index contributed by atoms with van der Waals surface area (Å²) in [4.78, 5) is 5.08. The van der Waals surface area contributed by atoms with Crippen molar-refractivity contribution in [1.82, 2.24) is 4.90 Å². The van der Waals surface area contributed by atoms with E-state index in [1.807, 2.05) is 11.3 Å². The van der Waals surface area contributed by atoms with Crippen LogP contribution in [-0.2, 0) is 6.54 Å². The molecule has 0 saturated heterocycles.